The highest BCUT2D eigenvalue weighted by Gasteiger charge is 1.98. The summed E-state index contributed by atoms with van der Waals surface area (Å²) in [7, 11) is 1.63. The minimum atomic E-state index is 0.0384. The molecule has 0 spiro atoms. The van der Waals surface area contributed by atoms with E-state index in [-0.39, 0.29) is 5.91 Å². The van der Waals surface area contributed by atoms with Crippen LogP contribution in [0.1, 0.15) is 0 Å². The standard InChI is InChI=1S/C11H14ClNO2S/c1-13-11(14)8-16-7-6-15-10-4-2-9(12)3-5-10/h2-5H,6-8H2,1H3,(H,13,14). The number of hydrogen-bond acceptors (Lipinski definition) is 3. The summed E-state index contributed by atoms with van der Waals surface area (Å²) in [6.45, 7) is 0.587. The molecule has 1 N–H and O–H groups in total. The zero-order chi connectivity index (χ0) is 11.8. The molecule has 0 heterocycles. The summed E-state index contributed by atoms with van der Waals surface area (Å²) in [6, 6.07) is 7.22. The molecule has 0 aliphatic heterocycles. The maximum Gasteiger partial charge on any atom is 0.229 e. The predicted octanol–water partition coefficient (Wildman–Crippen LogP) is 2.20. The molecule has 0 atom stereocenters. The van der Waals surface area contributed by atoms with Gasteiger partial charge in [-0.1, -0.05) is 11.6 Å². The SMILES string of the molecule is CNC(=O)CSCCOc1ccc(Cl)cc1. The van der Waals surface area contributed by atoms with Crippen LogP contribution in [0.25, 0.3) is 0 Å². The van der Waals surface area contributed by atoms with Gasteiger partial charge in [-0.05, 0) is 24.3 Å². The lowest BCUT2D eigenvalue weighted by Crippen LogP contribution is -2.20. The predicted molar refractivity (Wildman–Crippen MR) is 68.3 cm³/mol. The van der Waals surface area contributed by atoms with E-state index in [1.807, 2.05) is 12.1 Å². The van der Waals surface area contributed by atoms with Crippen LogP contribution in [0.15, 0.2) is 24.3 Å². The highest BCUT2D eigenvalue weighted by molar-refractivity contribution is 7.99. The van der Waals surface area contributed by atoms with E-state index in [1.165, 1.54) is 0 Å². The van der Waals surface area contributed by atoms with Crippen LogP contribution in [0.2, 0.25) is 5.02 Å². The van der Waals surface area contributed by atoms with Gasteiger partial charge in [0.25, 0.3) is 0 Å². The third-order valence-corrected chi connectivity index (χ3v) is 3.00. The zero-order valence-electron chi connectivity index (χ0n) is 9.03. The first-order valence-electron chi connectivity index (χ1n) is 4.89. The fourth-order valence-electron chi connectivity index (χ4n) is 0.986. The van der Waals surface area contributed by atoms with Crippen LogP contribution in [0, 0.1) is 0 Å². The van der Waals surface area contributed by atoms with Gasteiger partial charge in [-0.25, -0.2) is 0 Å². The van der Waals surface area contributed by atoms with Crippen LogP contribution < -0.4 is 10.1 Å². The lowest BCUT2D eigenvalue weighted by Gasteiger charge is -2.05. The second-order valence-corrected chi connectivity index (χ2v) is 4.57. The number of nitrogens with one attached hydrogen (secondary N) is 1. The van der Waals surface area contributed by atoms with E-state index in [0.29, 0.717) is 17.4 Å². The number of carbonyl (C=O) groups is 1. The minimum Gasteiger partial charge on any atom is -0.493 e. The monoisotopic (exact) mass is 259 g/mol. The molecule has 3 nitrogen and oxygen atoms in total. The molecule has 16 heavy (non-hydrogen) atoms. The molecule has 0 saturated carbocycles. The molecular formula is C11H14ClNO2S. The van der Waals surface area contributed by atoms with E-state index in [9.17, 15) is 4.79 Å². The first-order chi connectivity index (χ1) is 7.72. The van der Waals surface area contributed by atoms with Gasteiger partial charge in [0.2, 0.25) is 5.91 Å². The Morgan fingerprint density at radius 2 is 2.12 bits per heavy atom. The normalized spacial score (nSPS) is 9.88. The molecule has 88 valence electrons. The van der Waals surface area contributed by atoms with Gasteiger partial charge in [-0.15, -0.1) is 11.8 Å². The molecule has 0 radical (unpaired) electrons. The molecular weight excluding hydrogens is 246 g/mol. The number of halogens is 1. The van der Waals surface area contributed by atoms with Gasteiger partial charge in [-0.3, -0.25) is 4.79 Å². The Balaban J connectivity index is 2.11. The molecule has 0 aliphatic carbocycles. The van der Waals surface area contributed by atoms with E-state index < -0.39 is 0 Å². The molecule has 0 bridgehead atoms. The quantitative estimate of drug-likeness (QED) is 0.796. The Morgan fingerprint density at radius 3 is 2.75 bits per heavy atom. The Kier molecular flexibility index (Phi) is 6.11. The van der Waals surface area contributed by atoms with E-state index in [1.54, 1.807) is 30.9 Å². The van der Waals surface area contributed by atoms with E-state index in [4.69, 9.17) is 16.3 Å². The Labute approximate surface area is 105 Å². The lowest BCUT2D eigenvalue weighted by atomic mass is 10.3. The van der Waals surface area contributed by atoms with Crippen molar-refractivity contribution in [2.75, 3.05) is 25.2 Å². The van der Waals surface area contributed by atoms with Crippen molar-refractivity contribution in [2.45, 2.75) is 0 Å². The van der Waals surface area contributed by atoms with Crippen LogP contribution in [0.3, 0.4) is 0 Å². The van der Waals surface area contributed by atoms with Crippen molar-refractivity contribution in [1.82, 2.24) is 5.32 Å². The van der Waals surface area contributed by atoms with Gasteiger partial charge >= 0.3 is 0 Å². The molecule has 0 aromatic heterocycles. The highest BCUT2D eigenvalue weighted by Crippen LogP contribution is 2.15. The van der Waals surface area contributed by atoms with Gasteiger partial charge in [0.05, 0.1) is 12.4 Å². The second kappa shape index (κ2) is 7.41. The lowest BCUT2D eigenvalue weighted by molar-refractivity contribution is -0.118. The van der Waals surface area contributed by atoms with Crippen LogP contribution in [-0.4, -0.2) is 31.1 Å². The molecule has 0 fully saturated rings. The minimum absolute atomic E-state index is 0.0384. The van der Waals surface area contributed by atoms with Crippen molar-refractivity contribution in [2.24, 2.45) is 0 Å². The number of thioether (sulfide) groups is 1. The second-order valence-electron chi connectivity index (χ2n) is 3.03. The van der Waals surface area contributed by atoms with Gasteiger partial charge in [0, 0.05) is 17.8 Å². The van der Waals surface area contributed by atoms with Gasteiger partial charge < -0.3 is 10.1 Å². The third-order valence-electron chi connectivity index (χ3n) is 1.82. The molecule has 1 aromatic carbocycles. The first kappa shape index (κ1) is 13.2. The average Bonchev–Trinajstić information content (AvgIpc) is 2.31. The summed E-state index contributed by atoms with van der Waals surface area (Å²) in [5, 5.41) is 3.26. The molecule has 0 saturated heterocycles. The Hall–Kier alpha value is -0.870. The van der Waals surface area contributed by atoms with E-state index in [2.05, 4.69) is 5.32 Å². The van der Waals surface area contributed by atoms with Crippen molar-refractivity contribution < 1.29 is 9.53 Å². The fraction of sp³-hybridized carbons (Fsp3) is 0.364. The summed E-state index contributed by atoms with van der Waals surface area (Å²) in [5.74, 6) is 2.10. The van der Waals surface area contributed by atoms with Crippen molar-refractivity contribution >= 4 is 29.3 Å². The topological polar surface area (TPSA) is 38.3 Å². The molecule has 1 rings (SSSR count). The zero-order valence-corrected chi connectivity index (χ0v) is 10.6. The van der Waals surface area contributed by atoms with Crippen LogP contribution in [-0.2, 0) is 4.79 Å². The number of ether oxygens (including phenoxy) is 1. The van der Waals surface area contributed by atoms with Crippen molar-refractivity contribution in [3.8, 4) is 5.75 Å². The average molecular weight is 260 g/mol. The molecule has 0 aliphatic rings. The number of hydrogen-bond donors (Lipinski definition) is 1. The van der Waals surface area contributed by atoms with Crippen LogP contribution in [0.5, 0.6) is 5.75 Å². The maximum atomic E-state index is 10.9. The van der Waals surface area contributed by atoms with Gasteiger partial charge in [0.15, 0.2) is 0 Å². The number of carbonyl (C=O) groups excluding carboxylic acids is 1. The highest BCUT2D eigenvalue weighted by atomic mass is 35.5. The summed E-state index contributed by atoms with van der Waals surface area (Å²) in [4.78, 5) is 10.9. The third kappa shape index (κ3) is 5.28. The first-order valence-corrected chi connectivity index (χ1v) is 6.42. The number of rotatable bonds is 6. The largest absolute Gasteiger partial charge is 0.493 e. The van der Waals surface area contributed by atoms with Crippen LogP contribution in [0.4, 0.5) is 0 Å². The van der Waals surface area contributed by atoms with E-state index in [0.717, 1.165) is 11.5 Å². The maximum absolute atomic E-state index is 10.9. The van der Waals surface area contributed by atoms with Crippen molar-refractivity contribution in [3.63, 3.8) is 0 Å². The molecule has 1 amide bonds. The van der Waals surface area contributed by atoms with Gasteiger partial charge in [0.1, 0.15) is 5.75 Å². The Bertz CT molecular complexity index is 329. The summed E-state index contributed by atoms with van der Waals surface area (Å²) in [5.41, 5.74) is 0. The molecule has 1 aromatic rings. The van der Waals surface area contributed by atoms with Crippen LogP contribution >= 0.6 is 23.4 Å². The van der Waals surface area contributed by atoms with Crippen molar-refractivity contribution in [3.05, 3.63) is 29.3 Å². The van der Waals surface area contributed by atoms with Crippen molar-refractivity contribution in [1.29, 1.82) is 0 Å². The fourth-order valence-corrected chi connectivity index (χ4v) is 1.79. The molecule has 0 unspecified atom stereocenters. The number of benzene rings is 1. The number of amides is 1. The summed E-state index contributed by atoms with van der Waals surface area (Å²) in [6.07, 6.45) is 0. The van der Waals surface area contributed by atoms with Gasteiger partial charge in [-0.2, -0.15) is 0 Å². The Morgan fingerprint density at radius 1 is 1.44 bits per heavy atom. The smallest absolute Gasteiger partial charge is 0.229 e. The summed E-state index contributed by atoms with van der Waals surface area (Å²) >= 11 is 7.29. The molecule has 5 heteroatoms. The summed E-state index contributed by atoms with van der Waals surface area (Å²) < 4.78 is 5.47. The van der Waals surface area contributed by atoms with E-state index >= 15 is 0 Å².